The van der Waals surface area contributed by atoms with Gasteiger partial charge in [-0.25, -0.2) is 9.97 Å². The highest BCUT2D eigenvalue weighted by atomic mass is 19.4. The second-order valence-corrected chi connectivity index (χ2v) is 3.78. The molecule has 0 bridgehead atoms. The molecule has 0 aliphatic heterocycles. The summed E-state index contributed by atoms with van der Waals surface area (Å²) in [4.78, 5) is 8.71. The van der Waals surface area contributed by atoms with Gasteiger partial charge in [-0.2, -0.15) is 13.2 Å². The van der Waals surface area contributed by atoms with Crippen molar-refractivity contribution in [1.82, 2.24) is 9.97 Å². The Morgan fingerprint density at radius 2 is 2.06 bits per heavy atom. The molecule has 0 unspecified atom stereocenters. The fraction of sp³-hybridized carbons (Fsp3) is 0.556. The number of nitrogens with two attached hydrogens (primary N) is 1. The third-order valence-electron chi connectivity index (χ3n) is 2.31. The van der Waals surface area contributed by atoms with Gasteiger partial charge in [0.05, 0.1) is 0 Å². The van der Waals surface area contributed by atoms with Crippen molar-refractivity contribution in [1.29, 1.82) is 0 Å². The summed E-state index contributed by atoms with van der Waals surface area (Å²) in [6, 6.07) is 1.29. The van der Waals surface area contributed by atoms with Crippen LogP contribution in [0.5, 0.6) is 0 Å². The lowest BCUT2D eigenvalue weighted by Gasteiger charge is -2.24. The number of aromatic nitrogens is 2. The maximum absolute atomic E-state index is 12.4. The van der Waals surface area contributed by atoms with Crippen LogP contribution in [-0.2, 0) is 0 Å². The molecule has 1 fully saturated rings. The number of hydrogen-bond acceptors (Lipinski definition) is 4. The molecule has 0 amide bonds. The minimum absolute atomic E-state index is 0.0732. The molecule has 1 saturated carbocycles. The zero-order valence-corrected chi connectivity index (χ0v) is 8.41. The molecular weight excluding hydrogens is 221 g/mol. The van der Waals surface area contributed by atoms with Crippen molar-refractivity contribution in [3.8, 4) is 0 Å². The number of nitrogens with zero attached hydrogens (tertiary/aromatic N) is 3. The van der Waals surface area contributed by atoms with Gasteiger partial charge in [0.1, 0.15) is 24.5 Å². The van der Waals surface area contributed by atoms with Crippen LogP contribution in [0.25, 0.3) is 0 Å². The van der Waals surface area contributed by atoms with Crippen molar-refractivity contribution in [3.63, 3.8) is 0 Å². The lowest BCUT2D eigenvalue weighted by Crippen LogP contribution is -2.36. The predicted molar refractivity (Wildman–Crippen MR) is 52.9 cm³/mol. The highest BCUT2D eigenvalue weighted by Crippen LogP contribution is 2.33. The van der Waals surface area contributed by atoms with Crippen LogP contribution in [-0.4, -0.2) is 28.7 Å². The Labute approximate surface area is 90.3 Å². The number of hydrogen-bond donors (Lipinski definition) is 1. The SMILES string of the molecule is Nc1cc(N(CC(F)(F)F)C2CC2)ncn1. The Bertz CT molecular complexity index is 375. The van der Waals surface area contributed by atoms with Crippen molar-refractivity contribution in [2.24, 2.45) is 0 Å². The number of halogens is 3. The molecule has 4 nitrogen and oxygen atoms in total. The van der Waals surface area contributed by atoms with Crippen LogP contribution in [0.1, 0.15) is 12.8 Å². The number of anilines is 2. The smallest absolute Gasteiger partial charge is 0.384 e. The maximum atomic E-state index is 12.4. The normalized spacial score (nSPS) is 16.2. The molecule has 2 rings (SSSR count). The second-order valence-electron chi connectivity index (χ2n) is 3.78. The summed E-state index contributed by atoms with van der Waals surface area (Å²) >= 11 is 0. The van der Waals surface area contributed by atoms with Gasteiger partial charge in [0, 0.05) is 12.1 Å². The van der Waals surface area contributed by atoms with Crippen molar-refractivity contribution in [3.05, 3.63) is 12.4 Å². The summed E-state index contributed by atoms with van der Waals surface area (Å²) in [5.74, 6) is 0.421. The van der Waals surface area contributed by atoms with E-state index in [1.54, 1.807) is 0 Å². The second kappa shape index (κ2) is 3.80. The molecule has 1 aromatic rings. The monoisotopic (exact) mass is 232 g/mol. The molecule has 0 atom stereocenters. The number of rotatable bonds is 3. The van der Waals surface area contributed by atoms with Gasteiger partial charge in [0.2, 0.25) is 0 Å². The van der Waals surface area contributed by atoms with Crippen LogP contribution >= 0.6 is 0 Å². The summed E-state index contributed by atoms with van der Waals surface area (Å²) in [7, 11) is 0. The molecule has 7 heteroatoms. The number of alkyl halides is 3. The first kappa shape index (κ1) is 11.0. The zero-order chi connectivity index (χ0) is 11.8. The Balaban J connectivity index is 2.19. The topological polar surface area (TPSA) is 55.0 Å². The Morgan fingerprint density at radius 1 is 1.38 bits per heavy atom. The fourth-order valence-corrected chi connectivity index (χ4v) is 1.50. The zero-order valence-electron chi connectivity index (χ0n) is 8.41. The molecule has 0 saturated heterocycles. The molecule has 1 aromatic heterocycles. The molecular formula is C9H11F3N4. The summed E-state index contributed by atoms with van der Waals surface area (Å²) in [6.45, 7) is -0.992. The number of nitrogen functional groups attached to an aromatic ring is 1. The van der Waals surface area contributed by atoms with Gasteiger partial charge in [0.15, 0.2) is 0 Å². The van der Waals surface area contributed by atoms with Gasteiger partial charge in [-0.3, -0.25) is 0 Å². The molecule has 1 heterocycles. The van der Waals surface area contributed by atoms with Crippen LogP contribution in [0.4, 0.5) is 24.8 Å². The molecule has 2 N–H and O–H groups in total. The van der Waals surface area contributed by atoms with E-state index in [0.29, 0.717) is 0 Å². The van der Waals surface area contributed by atoms with Crippen LogP contribution in [0.2, 0.25) is 0 Å². The summed E-state index contributed by atoms with van der Waals surface area (Å²) in [5.41, 5.74) is 5.42. The summed E-state index contributed by atoms with van der Waals surface area (Å²) < 4.78 is 37.1. The lowest BCUT2D eigenvalue weighted by atomic mass is 10.4. The van der Waals surface area contributed by atoms with Gasteiger partial charge in [0.25, 0.3) is 0 Å². The maximum Gasteiger partial charge on any atom is 0.405 e. The molecule has 0 radical (unpaired) electrons. The van der Waals surface area contributed by atoms with Gasteiger partial charge in [-0.1, -0.05) is 0 Å². The molecule has 88 valence electrons. The predicted octanol–water partition coefficient (Wildman–Crippen LogP) is 1.59. The fourth-order valence-electron chi connectivity index (χ4n) is 1.50. The van der Waals surface area contributed by atoms with Crippen molar-refractivity contribution >= 4 is 11.6 Å². The first-order valence-corrected chi connectivity index (χ1v) is 4.86. The van der Waals surface area contributed by atoms with Crippen LogP contribution < -0.4 is 10.6 Å². The first-order valence-electron chi connectivity index (χ1n) is 4.86. The van der Waals surface area contributed by atoms with Crippen LogP contribution in [0, 0.1) is 0 Å². The molecule has 16 heavy (non-hydrogen) atoms. The third-order valence-corrected chi connectivity index (χ3v) is 2.31. The van der Waals surface area contributed by atoms with E-state index in [2.05, 4.69) is 9.97 Å². The van der Waals surface area contributed by atoms with E-state index in [4.69, 9.17) is 5.73 Å². The van der Waals surface area contributed by atoms with Crippen molar-refractivity contribution in [2.75, 3.05) is 17.2 Å². The summed E-state index contributed by atoms with van der Waals surface area (Å²) in [6.07, 6.45) is -1.53. The van der Waals surface area contributed by atoms with Crippen molar-refractivity contribution < 1.29 is 13.2 Å². The minimum atomic E-state index is -4.23. The molecule has 0 spiro atoms. The minimum Gasteiger partial charge on any atom is -0.384 e. The average Bonchev–Trinajstić information content (AvgIpc) is 2.96. The lowest BCUT2D eigenvalue weighted by molar-refractivity contribution is -0.120. The molecule has 1 aliphatic carbocycles. The van der Waals surface area contributed by atoms with Gasteiger partial charge >= 0.3 is 6.18 Å². The molecule has 0 aromatic carbocycles. The van der Waals surface area contributed by atoms with E-state index in [1.807, 2.05) is 0 Å². The Hall–Kier alpha value is -1.53. The standard InChI is InChI=1S/C9H11F3N4/c10-9(11,12)4-16(6-1-2-6)8-3-7(13)14-5-15-8/h3,5-6H,1-2,4H2,(H2,13,14,15). The quantitative estimate of drug-likeness (QED) is 0.859. The van der Waals surface area contributed by atoms with Gasteiger partial charge in [-0.15, -0.1) is 0 Å². The van der Waals surface area contributed by atoms with Gasteiger partial charge < -0.3 is 10.6 Å². The van der Waals surface area contributed by atoms with Crippen molar-refractivity contribution in [2.45, 2.75) is 25.1 Å². The van der Waals surface area contributed by atoms with E-state index in [1.165, 1.54) is 17.3 Å². The van der Waals surface area contributed by atoms with E-state index >= 15 is 0 Å². The highest BCUT2D eigenvalue weighted by Gasteiger charge is 2.38. The van der Waals surface area contributed by atoms with E-state index in [-0.39, 0.29) is 17.7 Å². The van der Waals surface area contributed by atoms with E-state index in [0.717, 1.165) is 12.8 Å². The third kappa shape index (κ3) is 2.74. The summed E-state index contributed by atoms with van der Waals surface area (Å²) in [5, 5.41) is 0. The molecule has 1 aliphatic rings. The average molecular weight is 232 g/mol. The van der Waals surface area contributed by atoms with E-state index in [9.17, 15) is 13.2 Å². The van der Waals surface area contributed by atoms with Gasteiger partial charge in [-0.05, 0) is 12.8 Å². The highest BCUT2D eigenvalue weighted by molar-refractivity contribution is 5.47. The largest absolute Gasteiger partial charge is 0.405 e. The Kier molecular flexibility index (Phi) is 2.61. The first-order chi connectivity index (χ1) is 7.46. The van der Waals surface area contributed by atoms with Crippen LogP contribution in [0.3, 0.4) is 0 Å². The van der Waals surface area contributed by atoms with Crippen LogP contribution in [0.15, 0.2) is 12.4 Å². The van der Waals surface area contributed by atoms with E-state index < -0.39 is 12.7 Å². The Morgan fingerprint density at radius 3 is 2.56 bits per heavy atom.